The smallest absolute Gasteiger partial charge is 0.309 e. The number of alkyl halides is 2. The molecule has 1 N–H and O–H groups in total. The molecule has 1 saturated heterocycles. The molecular formula is C29H31F5N2O3. The first kappa shape index (κ1) is 28.7. The molecule has 0 amide bonds. The van der Waals surface area contributed by atoms with E-state index in [2.05, 4.69) is 9.88 Å². The molecule has 2 aromatic carbocycles. The average molecular weight is 551 g/mol. The lowest BCUT2D eigenvalue weighted by atomic mass is 9.74. The minimum absolute atomic E-state index is 0.0860. The van der Waals surface area contributed by atoms with E-state index in [-0.39, 0.29) is 24.0 Å². The van der Waals surface area contributed by atoms with Crippen LogP contribution in [0.4, 0.5) is 22.0 Å². The number of carbonyl (C=O) groups is 1. The number of ether oxygens (including phenoxy) is 1. The van der Waals surface area contributed by atoms with E-state index in [1.807, 2.05) is 0 Å². The molecule has 1 unspecified atom stereocenters. The van der Waals surface area contributed by atoms with Crippen LogP contribution in [0.1, 0.15) is 55.0 Å². The number of carboxylic acid groups (broad SMARTS) is 1. The van der Waals surface area contributed by atoms with Crippen molar-refractivity contribution in [2.45, 2.75) is 51.4 Å². The number of fused-ring (bicyclic) bond motifs is 1. The van der Waals surface area contributed by atoms with E-state index in [4.69, 9.17) is 4.74 Å². The van der Waals surface area contributed by atoms with Gasteiger partial charge in [-0.1, -0.05) is 0 Å². The van der Waals surface area contributed by atoms with Crippen molar-refractivity contribution in [3.8, 4) is 5.75 Å². The molecule has 0 bridgehead atoms. The number of hydrogen-bond acceptors (Lipinski definition) is 4. The van der Waals surface area contributed by atoms with E-state index in [0.717, 1.165) is 12.1 Å². The van der Waals surface area contributed by atoms with Gasteiger partial charge >= 0.3 is 5.97 Å². The Labute approximate surface area is 223 Å². The number of piperidine rings is 1. The summed E-state index contributed by atoms with van der Waals surface area (Å²) in [5.41, 5.74) is 0.0427. The summed E-state index contributed by atoms with van der Waals surface area (Å²) < 4.78 is 74.8. The Balaban J connectivity index is 1.38. The van der Waals surface area contributed by atoms with E-state index in [9.17, 15) is 27.5 Å². The molecule has 10 heteroatoms. The molecule has 1 aliphatic rings. The highest BCUT2D eigenvalue weighted by molar-refractivity contribution is 5.85. The molecule has 210 valence electrons. The number of benzene rings is 2. The molecule has 4 rings (SSSR count). The van der Waals surface area contributed by atoms with Gasteiger partial charge in [0.2, 0.25) is 0 Å². The van der Waals surface area contributed by atoms with Crippen LogP contribution in [0.25, 0.3) is 10.9 Å². The fourth-order valence-corrected chi connectivity index (χ4v) is 5.42. The summed E-state index contributed by atoms with van der Waals surface area (Å²) in [5, 5.41) is 10.5. The first-order valence-electron chi connectivity index (χ1n) is 12.9. The Hall–Kier alpha value is -3.27. The standard InChI is InChI=1S/C29H31F5N2O3/c1-39-20-4-5-25-21(15-20)26(19(16-30)17-35-25)22(31)6-7-29(28(37)38)8-11-36(12-9-29)10-2-3-18-13-23(32)27(34)24(33)14-18/h4-5,13-15,17,22H,2-3,6-12,16H2,1H3,(H,37,38). The molecule has 1 fully saturated rings. The van der Waals surface area contributed by atoms with Crippen LogP contribution in [0.5, 0.6) is 5.75 Å². The Kier molecular flexibility index (Phi) is 9.04. The number of aryl methyl sites for hydroxylation is 1. The maximum Gasteiger partial charge on any atom is 0.309 e. The number of hydrogen-bond donors (Lipinski definition) is 1. The fourth-order valence-electron chi connectivity index (χ4n) is 5.42. The summed E-state index contributed by atoms with van der Waals surface area (Å²) in [6.07, 6.45) is 1.27. The highest BCUT2D eigenvalue weighted by atomic mass is 19.2. The zero-order valence-corrected chi connectivity index (χ0v) is 21.7. The molecule has 1 aliphatic heterocycles. The van der Waals surface area contributed by atoms with E-state index in [1.54, 1.807) is 18.2 Å². The Morgan fingerprint density at radius 1 is 1.15 bits per heavy atom. The monoisotopic (exact) mass is 550 g/mol. The number of pyridine rings is 1. The molecule has 2 heterocycles. The third-order valence-electron chi connectivity index (χ3n) is 7.78. The predicted molar refractivity (Wildman–Crippen MR) is 137 cm³/mol. The lowest BCUT2D eigenvalue weighted by Gasteiger charge is -2.39. The normalized spacial score (nSPS) is 16.4. The van der Waals surface area contributed by atoms with Gasteiger partial charge in [0.15, 0.2) is 17.5 Å². The molecule has 0 spiro atoms. The predicted octanol–water partition coefficient (Wildman–Crippen LogP) is 6.72. The molecule has 5 nitrogen and oxygen atoms in total. The summed E-state index contributed by atoms with van der Waals surface area (Å²) in [7, 11) is 1.48. The maximum atomic E-state index is 15.7. The summed E-state index contributed by atoms with van der Waals surface area (Å²) in [6, 6.07) is 6.93. The number of aromatic nitrogens is 1. The topological polar surface area (TPSA) is 62.7 Å². The number of nitrogens with zero attached hydrogens (tertiary/aromatic N) is 2. The lowest BCUT2D eigenvalue weighted by molar-refractivity contribution is -0.153. The Morgan fingerprint density at radius 2 is 1.85 bits per heavy atom. The molecule has 1 aromatic heterocycles. The van der Waals surface area contributed by atoms with Crippen molar-refractivity contribution in [2.75, 3.05) is 26.7 Å². The van der Waals surface area contributed by atoms with Gasteiger partial charge in [-0.05, 0) is 94.1 Å². The van der Waals surface area contributed by atoms with Crippen molar-refractivity contribution in [1.82, 2.24) is 9.88 Å². The number of aliphatic carboxylic acids is 1. The SMILES string of the molecule is COc1ccc2ncc(CF)c(C(F)CCC3(C(=O)O)CCN(CCCc4cc(F)c(F)c(F)c4)CC3)c2c1. The first-order chi connectivity index (χ1) is 18.7. The molecule has 0 saturated carbocycles. The van der Waals surface area contributed by atoms with Gasteiger partial charge in [-0.25, -0.2) is 22.0 Å². The van der Waals surface area contributed by atoms with Crippen molar-refractivity contribution >= 4 is 16.9 Å². The van der Waals surface area contributed by atoms with Crippen molar-refractivity contribution in [3.05, 3.63) is 70.7 Å². The summed E-state index contributed by atoms with van der Waals surface area (Å²) in [6.45, 7) is 0.625. The van der Waals surface area contributed by atoms with Crippen LogP contribution in [0.2, 0.25) is 0 Å². The van der Waals surface area contributed by atoms with E-state index >= 15 is 4.39 Å². The van der Waals surface area contributed by atoms with Gasteiger partial charge in [0.25, 0.3) is 0 Å². The van der Waals surface area contributed by atoms with Crippen molar-refractivity contribution in [3.63, 3.8) is 0 Å². The minimum Gasteiger partial charge on any atom is -0.497 e. The summed E-state index contributed by atoms with van der Waals surface area (Å²) >= 11 is 0. The Morgan fingerprint density at radius 3 is 2.46 bits per heavy atom. The largest absolute Gasteiger partial charge is 0.497 e. The van der Waals surface area contributed by atoms with Crippen molar-refractivity contribution < 1.29 is 36.6 Å². The van der Waals surface area contributed by atoms with Gasteiger partial charge in [0, 0.05) is 22.7 Å². The molecule has 39 heavy (non-hydrogen) atoms. The van der Waals surface area contributed by atoms with Crippen LogP contribution in [0.3, 0.4) is 0 Å². The number of methoxy groups -OCH3 is 1. The average Bonchev–Trinajstić information content (AvgIpc) is 2.94. The van der Waals surface area contributed by atoms with Crippen molar-refractivity contribution in [2.24, 2.45) is 5.41 Å². The zero-order chi connectivity index (χ0) is 28.2. The fraction of sp³-hybridized carbons (Fsp3) is 0.448. The van der Waals surface area contributed by atoms with Crippen LogP contribution >= 0.6 is 0 Å². The third-order valence-corrected chi connectivity index (χ3v) is 7.78. The van der Waals surface area contributed by atoms with Crippen molar-refractivity contribution in [1.29, 1.82) is 0 Å². The second kappa shape index (κ2) is 12.3. The molecular weight excluding hydrogens is 519 g/mol. The lowest BCUT2D eigenvalue weighted by Crippen LogP contribution is -2.44. The number of halogens is 5. The van der Waals surface area contributed by atoms with Crippen LogP contribution in [0.15, 0.2) is 36.5 Å². The van der Waals surface area contributed by atoms with Gasteiger partial charge in [0.05, 0.1) is 18.0 Å². The second-order valence-electron chi connectivity index (χ2n) is 10.1. The summed E-state index contributed by atoms with van der Waals surface area (Å²) in [4.78, 5) is 18.6. The number of carboxylic acids is 1. The van der Waals surface area contributed by atoms with Gasteiger partial charge in [-0.3, -0.25) is 9.78 Å². The zero-order valence-electron chi connectivity index (χ0n) is 21.7. The van der Waals surface area contributed by atoms with E-state index in [0.29, 0.717) is 67.5 Å². The highest BCUT2D eigenvalue weighted by Crippen LogP contribution is 2.41. The van der Waals surface area contributed by atoms with Gasteiger partial charge in [0.1, 0.15) is 18.6 Å². The molecule has 1 atom stereocenters. The third kappa shape index (κ3) is 6.32. The first-order valence-corrected chi connectivity index (χ1v) is 12.9. The second-order valence-corrected chi connectivity index (χ2v) is 10.1. The van der Waals surface area contributed by atoms with E-state index in [1.165, 1.54) is 13.3 Å². The highest BCUT2D eigenvalue weighted by Gasteiger charge is 2.41. The molecule has 0 radical (unpaired) electrons. The molecule has 0 aliphatic carbocycles. The van der Waals surface area contributed by atoms with Gasteiger partial charge in [-0.2, -0.15) is 0 Å². The van der Waals surface area contributed by atoms with Crippen LogP contribution in [-0.2, 0) is 17.9 Å². The van der Waals surface area contributed by atoms with Crippen LogP contribution in [-0.4, -0.2) is 47.7 Å². The van der Waals surface area contributed by atoms with Crippen LogP contribution < -0.4 is 4.74 Å². The Bertz CT molecular complexity index is 1300. The maximum absolute atomic E-state index is 15.7. The van der Waals surface area contributed by atoms with Gasteiger partial charge < -0.3 is 14.7 Å². The number of likely N-dealkylation sites (tertiary alicyclic amines) is 1. The summed E-state index contributed by atoms with van der Waals surface area (Å²) in [5.74, 6) is -4.44. The minimum atomic E-state index is -1.58. The number of rotatable bonds is 11. The van der Waals surface area contributed by atoms with E-state index < -0.39 is 41.7 Å². The van der Waals surface area contributed by atoms with Crippen LogP contribution in [0, 0.1) is 22.9 Å². The molecule has 3 aromatic rings. The quantitative estimate of drug-likeness (QED) is 0.212. The van der Waals surface area contributed by atoms with Gasteiger partial charge in [-0.15, -0.1) is 0 Å².